The first-order valence-corrected chi connectivity index (χ1v) is 8.04. The van der Waals surface area contributed by atoms with Crippen LogP contribution in [0.1, 0.15) is 0 Å². The van der Waals surface area contributed by atoms with E-state index >= 15 is 0 Å². The molecule has 2 aromatic heterocycles. The van der Waals surface area contributed by atoms with Gasteiger partial charge in [-0.05, 0) is 24.3 Å². The van der Waals surface area contributed by atoms with Crippen LogP contribution in [0.25, 0.3) is 20.2 Å². The van der Waals surface area contributed by atoms with Crippen LogP contribution in [0.15, 0.2) is 24.3 Å². The molecule has 0 aliphatic heterocycles. The highest BCUT2D eigenvalue weighted by molar-refractivity contribution is 7.24. The Morgan fingerprint density at radius 2 is 1.55 bits per heavy atom. The zero-order valence-corrected chi connectivity index (χ0v) is 12.5. The first kappa shape index (κ1) is 13.6. The van der Waals surface area contributed by atoms with Crippen molar-refractivity contribution in [2.75, 3.05) is 36.9 Å². The molecule has 0 aliphatic carbocycles. The summed E-state index contributed by atoms with van der Waals surface area (Å²) in [4.78, 5) is 2.01. The Balaban J connectivity index is 2.11. The van der Waals surface area contributed by atoms with Gasteiger partial charge in [-0.2, -0.15) is 0 Å². The minimum atomic E-state index is 0.0784. The molecular weight excluding hydrogens is 292 g/mol. The van der Waals surface area contributed by atoms with Crippen LogP contribution in [-0.4, -0.2) is 36.5 Å². The van der Waals surface area contributed by atoms with Crippen molar-refractivity contribution in [1.29, 1.82) is 0 Å². The van der Waals surface area contributed by atoms with Gasteiger partial charge in [0.1, 0.15) is 0 Å². The first-order valence-electron chi connectivity index (χ1n) is 6.41. The van der Waals surface area contributed by atoms with E-state index in [9.17, 15) is 0 Å². The molecule has 0 aliphatic rings. The molecule has 4 nitrogen and oxygen atoms in total. The SMILES string of the molecule is Nc1cc2c(ccc3sc(N(CCO)CCO)cc32)s1. The van der Waals surface area contributed by atoms with Crippen molar-refractivity contribution < 1.29 is 10.2 Å². The van der Waals surface area contributed by atoms with Crippen LogP contribution in [0.4, 0.5) is 10.0 Å². The summed E-state index contributed by atoms with van der Waals surface area (Å²) >= 11 is 3.27. The highest BCUT2D eigenvalue weighted by atomic mass is 32.1. The van der Waals surface area contributed by atoms with Crippen molar-refractivity contribution in [2.24, 2.45) is 0 Å². The number of benzene rings is 1. The lowest BCUT2D eigenvalue weighted by Gasteiger charge is -2.20. The van der Waals surface area contributed by atoms with Gasteiger partial charge in [0.2, 0.25) is 0 Å². The van der Waals surface area contributed by atoms with Crippen LogP contribution >= 0.6 is 22.7 Å². The van der Waals surface area contributed by atoms with Crippen molar-refractivity contribution >= 4 is 52.8 Å². The Hall–Kier alpha value is -1.34. The number of fused-ring (bicyclic) bond motifs is 3. The molecule has 3 aromatic rings. The standard InChI is InChI=1S/C14H16N2O2S2/c15-13-7-9-10-8-14(16(3-5-17)4-6-18)20-12(10)2-1-11(9)19-13/h1-2,7-8,17-18H,3-6,15H2. The largest absolute Gasteiger partial charge is 0.395 e. The van der Waals surface area contributed by atoms with Crippen molar-refractivity contribution in [3.05, 3.63) is 24.3 Å². The fourth-order valence-electron chi connectivity index (χ4n) is 2.37. The summed E-state index contributed by atoms with van der Waals surface area (Å²) in [7, 11) is 0. The Bertz CT molecular complexity index is 729. The third kappa shape index (κ3) is 2.35. The number of nitrogens with zero attached hydrogens (tertiary/aromatic N) is 1. The molecule has 0 saturated heterocycles. The Kier molecular flexibility index (Phi) is 3.80. The van der Waals surface area contributed by atoms with E-state index in [1.165, 1.54) is 20.2 Å². The lowest BCUT2D eigenvalue weighted by Crippen LogP contribution is -2.28. The molecular formula is C14H16N2O2S2. The summed E-state index contributed by atoms with van der Waals surface area (Å²) < 4.78 is 2.39. The second-order valence-corrected chi connectivity index (χ2v) is 6.73. The van der Waals surface area contributed by atoms with Gasteiger partial charge in [-0.1, -0.05) is 0 Å². The fourth-order valence-corrected chi connectivity index (χ4v) is 4.34. The van der Waals surface area contributed by atoms with Crippen molar-refractivity contribution in [2.45, 2.75) is 0 Å². The van der Waals surface area contributed by atoms with Crippen molar-refractivity contribution in [3.8, 4) is 0 Å². The van der Waals surface area contributed by atoms with Crippen LogP contribution in [0.5, 0.6) is 0 Å². The van der Waals surface area contributed by atoms with E-state index in [4.69, 9.17) is 15.9 Å². The minimum Gasteiger partial charge on any atom is -0.395 e. The normalized spacial score (nSPS) is 11.5. The maximum atomic E-state index is 9.14. The molecule has 0 amide bonds. The predicted octanol–water partition coefficient (Wildman–Crippen LogP) is 2.49. The minimum absolute atomic E-state index is 0.0784. The van der Waals surface area contributed by atoms with Gasteiger partial charge in [-0.25, -0.2) is 0 Å². The number of hydrogen-bond acceptors (Lipinski definition) is 6. The van der Waals surface area contributed by atoms with Gasteiger partial charge in [0.15, 0.2) is 0 Å². The zero-order valence-electron chi connectivity index (χ0n) is 10.9. The number of rotatable bonds is 5. The first-order chi connectivity index (χ1) is 9.72. The highest BCUT2D eigenvalue weighted by Gasteiger charge is 2.12. The summed E-state index contributed by atoms with van der Waals surface area (Å²) in [5.41, 5.74) is 5.89. The molecule has 0 bridgehead atoms. The monoisotopic (exact) mass is 308 g/mol. The number of hydrogen-bond donors (Lipinski definition) is 3. The van der Waals surface area contributed by atoms with Crippen LogP contribution in [-0.2, 0) is 0 Å². The van der Waals surface area contributed by atoms with Gasteiger partial charge >= 0.3 is 0 Å². The number of nitrogen functional groups attached to an aromatic ring is 1. The number of aliphatic hydroxyl groups excluding tert-OH is 2. The van der Waals surface area contributed by atoms with Crippen LogP contribution in [0.2, 0.25) is 0 Å². The number of thiophene rings is 2. The quantitative estimate of drug-likeness (QED) is 0.677. The van der Waals surface area contributed by atoms with Crippen LogP contribution in [0.3, 0.4) is 0 Å². The van der Waals surface area contributed by atoms with Gasteiger partial charge in [0.25, 0.3) is 0 Å². The summed E-state index contributed by atoms with van der Waals surface area (Å²) in [5.74, 6) is 0. The average Bonchev–Trinajstić information content (AvgIpc) is 3.00. The lowest BCUT2D eigenvalue weighted by molar-refractivity contribution is 0.281. The van der Waals surface area contributed by atoms with Gasteiger partial charge < -0.3 is 20.8 Å². The smallest absolute Gasteiger partial charge is 0.0922 e. The second kappa shape index (κ2) is 5.57. The predicted molar refractivity (Wildman–Crippen MR) is 88.0 cm³/mol. The molecule has 106 valence electrons. The Morgan fingerprint density at radius 1 is 0.950 bits per heavy atom. The third-order valence-electron chi connectivity index (χ3n) is 3.26. The fraction of sp³-hybridized carbons (Fsp3) is 0.286. The Labute approximate surface area is 124 Å². The molecule has 2 heterocycles. The molecule has 0 spiro atoms. The van der Waals surface area contributed by atoms with E-state index in [0.717, 1.165) is 10.0 Å². The molecule has 20 heavy (non-hydrogen) atoms. The topological polar surface area (TPSA) is 69.7 Å². The van der Waals surface area contributed by atoms with Crippen molar-refractivity contribution in [3.63, 3.8) is 0 Å². The van der Waals surface area contributed by atoms with Gasteiger partial charge in [0.05, 0.1) is 23.2 Å². The van der Waals surface area contributed by atoms with Gasteiger partial charge in [-0.15, -0.1) is 22.7 Å². The average molecular weight is 308 g/mol. The van der Waals surface area contributed by atoms with E-state index in [-0.39, 0.29) is 13.2 Å². The maximum absolute atomic E-state index is 9.14. The molecule has 4 N–H and O–H groups in total. The van der Waals surface area contributed by atoms with E-state index < -0.39 is 0 Å². The maximum Gasteiger partial charge on any atom is 0.0922 e. The molecule has 0 radical (unpaired) electrons. The van der Waals surface area contributed by atoms with Crippen LogP contribution < -0.4 is 10.6 Å². The molecule has 6 heteroatoms. The zero-order chi connectivity index (χ0) is 14.1. The van der Waals surface area contributed by atoms with E-state index in [1.54, 1.807) is 22.7 Å². The highest BCUT2D eigenvalue weighted by Crippen LogP contribution is 2.40. The molecule has 0 fully saturated rings. The van der Waals surface area contributed by atoms with Gasteiger partial charge in [0, 0.05) is 33.3 Å². The number of nitrogens with two attached hydrogens (primary N) is 1. The van der Waals surface area contributed by atoms with Crippen molar-refractivity contribution in [1.82, 2.24) is 0 Å². The molecule has 1 aromatic carbocycles. The van der Waals surface area contributed by atoms with Crippen LogP contribution in [0, 0.1) is 0 Å². The third-order valence-corrected chi connectivity index (χ3v) is 5.35. The van der Waals surface area contributed by atoms with Gasteiger partial charge in [-0.3, -0.25) is 0 Å². The molecule has 0 unspecified atom stereocenters. The summed E-state index contributed by atoms with van der Waals surface area (Å²) in [6.45, 7) is 1.22. The molecule has 0 saturated carbocycles. The summed E-state index contributed by atoms with van der Waals surface area (Å²) in [5, 5.41) is 22.5. The molecule has 0 atom stereocenters. The van der Waals surface area contributed by atoms with E-state index in [2.05, 4.69) is 18.2 Å². The second-order valence-electron chi connectivity index (χ2n) is 4.56. The number of aliphatic hydroxyl groups is 2. The Morgan fingerprint density at radius 3 is 2.20 bits per heavy atom. The number of anilines is 2. The van der Waals surface area contributed by atoms with E-state index in [0.29, 0.717) is 13.1 Å². The lowest BCUT2D eigenvalue weighted by atomic mass is 10.2. The van der Waals surface area contributed by atoms with E-state index in [1.807, 2.05) is 11.0 Å². The summed E-state index contributed by atoms with van der Waals surface area (Å²) in [6, 6.07) is 8.35. The summed E-state index contributed by atoms with van der Waals surface area (Å²) in [6.07, 6.45) is 0. The molecule has 3 rings (SSSR count).